The van der Waals surface area contributed by atoms with E-state index in [1.165, 1.54) is 6.42 Å². The number of ether oxygens (including phenoxy) is 1. The maximum atomic E-state index is 10.2. The molecular formula is C9H17NO2. The third-order valence-electron chi connectivity index (χ3n) is 3.21. The Bertz CT molecular complexity index is 170. The van der Waals surface area contributed by atoms with Crippen LogP contribution < -0.4 is 0 Å². The molecule has 2 aliphatic heterocycles. The maximum Gasteiger partial charge on any atom is 0.105 e. The average Bonchev–Trinajstić information content (AvgIpc) is 2.57. The van der Waals surface area contributed by atoms with E-state index in [1.807, 2.05) is 0 Å². The lowest BCUT2D eigenvalue weighted by molar-refractivity contribution is -0.0478. The number of methoxy groups -OCH3 is 1. The minimum Gasteiger partial charge on any atom is -0.386 e. The minimum absolute atomic E-state index is 0.373. The Morgan fingerprint density at radius 2 is 2.42 bits per heavy atom. The zero-order chi connectivity index (χ0) is 8.60. The lowest BCUT2D eigenvalue weighted by Crippen LogP contribution is -2.44. The number of hydrogen-bond donors (Lipinski definition) is 1. The number of fused-ring (bicyclic) bond motifs is 1. The quantitative estimate of drug-likeness (QED) is 0.645. The van der Waals surface area contributed by atoms with Gasteiger partial charge in [-0.25, -0.2) is 0 Å². The molecule has 0 saturated carbocycles. The number of nitrogens with zero attached hydrogens (tertiary/aromatic N) is 1. The van der Waals surface area contributed by atoms with Crippen LogP contribution in [0.5, 0.6) is 0 Å². The second kappa shape index (κ2) is 2.98. The summed E-state index contributed by atoms with van der Waals surface area (Å²) in [5.41, 5.74) is -0.550. The molecule has 0 aromatic carbocycles. The Morgan fingerprint density at radius 1 is 1.58 bits per heavy atom. The molecule has 2 unspecified atom stereocenters. The molecular weight excluding hydrogens is 154 g/mol. The van der Waals surface area contributed by atoms with Gasteiger partial charge in [0.1, 0.15) is 5.60 Å². The molecule has 0 aromatic rings. The van der Waals surface area contributed by atoms with Crippen LogP contribution in [0.4, 0.5) is 0 Å². The van der Waals surface area contributed by atoms with E-state index in [2.05, 4.69) is 4.90 Å². The maximum absolute atomic E-state index is 10.2. The first-order valence-electron chi connectivity index (χ1n) is 4.72. The molecule has 1 N–H and O–H groups in total. The highest BCUT2D eigenvalue weighted by atomic mass is 16.5. The summed E-state index contributed by atoms with van der Waals surface area (Å²) >= 11 is 0. The van der Waals surface area contributed by atoms with E-state index in [1.54, 1.807) is 7.11 Å². The number of aliphatic hydroxyl groups is 1. The fourth-order valence-corrected chi connectivity index (χ4v) is 2.62. The molecule has 0 radical (unpaired) electrons. The molecule has 2 aliphatic rings. The van der Waals surface area contributed by atoms with Gasteiger partial charge in [0, 0.05) is 19.7 Å². The summed E-state index contributed by atoms with van der Waals surface area (Å²) in [6, 6.07) is 0.373. The summed E-state index contributed by atoms with van der Waals surface area (Å²) in [5.74, 6) is 0. The largest absolute Gasteiger partial charge is 0.386 e. The fourth-order valence-electron chi connectivity index (χ4n) is 2.62. The van der Waals surface area contributed by atoms with Gasteiger partial charge in [0.05, 0.1) is 6.61 Å². The van der Waals surface area contributed by atoms with Crippen molar-refractivity contribution in [1.29, 1.82) is 0 Å². The van der Waals surface area contributed by atoms with Crippen molar-refractivity contribution in [1.82, 2.24) is 4.90 Å². The van der Waals surface area contributed by atoms with Gasteiger partial charge in [-0.3, -0.25) is 4.90 Å². The average molecular weight is 171 g/mol. The molecule has 2 fully saturated rings. The Labute approximate surface area is 73.3 Å². The smallest absolute Gasteiger partial charge is 0.105 e. The third-order valence-corrected chi connectivity index (χ3v) is 3.21. The molecule has 0 amide bonds. The summed E-state index contributed by atoms with van der Waals surface area (Å²) in [7, 11) is 1.66. The molecule has 0 aliphatic carbocycles. The summed E-state index contributed by atoms with van der Waals surface area (Å²) in [4.78, 5) is 2.39. The fraction of sp³-hybridized carbons (Fsp3) is 1.00. The standard InChI is InChI=1S/C9H17NO2/c1-12-7-9(11)4-6-10-5-2-3-8(9)10/h8,11H,2-7H2,1H3. The normalized spacial score (nSPS) is 42.0. The summed E-state index contributed by atoms with van der Waals surface area (Å²) in [5, 5.41) is 10.2. The molecule has 2 atom stereocenters. The summed E-state index contributed by atoms with van der Waals surface area (Å²) < 4.78 is 5.06. The van der Waals surface area contributed by atoms with E-state index in [0.29, 0.717) is 12.6 Å². The Morgan fingerprint density at radius 3 is 3.17 bits per heavy atom. The van der Waals surface area contributed by atoms with Crippen LogP contribution >= 0.6 is 0 Å². The van der Waals surface area contributed by atoms with Crippen LogP contribution in [0.15, 0.2) is 0 Å². The highest BCUT2D eigenvalue weighted by Gasteiger charge is 2.47. The van der Waals surface area contributed by atoms with Gasteiger partial charge in [0.15, 0.2) is 0 Å². The minimum atomic E-state index is -0.550. The predicted octanol–water partition coefficient (Wildman–Crippen LogP) is 0.232. The SMILES string of the molecule is COCC1(O)CCN2CCCC21. The number of rotatable bonds is 2. The van der Waals surface area contributed by atoms with Gasteiger partial charge in [-0.1, -0.05) is 0 Å². The van der Waals surface area contributed by atoms with Gasteiger partial charge >= 0.3 is 0 Å². The topological polar surface area (TPSA) is 32.7 Å². The molecule has 12 heavy (non-hydrogen) atoms. The molecule has 0 bridgehead atoms. The van der Waals surface area contributed by atoms with E-state index in [-0.39, 0.29) is 0 Å². The van der Waals surface area contributed by atoms with Crippen LogP contribution in [-0.4, -0.2) is 48.5 Å². The van der Waals surface area contributed by atoms with Gasteiger partial charge in [0.2, 0.25) is 0 Å². The van der Waals surface area contributed by atoms with Crippen molar-refractivity contribution in [3.63, 3.8) is 0 Å². The van der Waals surface area contributed by atoms with Crippen molar-refractivity contribution in [3.8, 4) is 0 Å². The molecule has 3 nitrogen and oxygen atoms in total. The van der Waals surface area contributed by atoms with Crippen LogP contribution in [-0.2, 0) is 4.74 Å². The van der Waals surface area contributed by atoms with Gasteiger partial charge in [-0.05, 0) is 25.8 Å². The van der Waals surface area contributed by atoms with E-state index < -0.39 is 5.60 Å². The van der Waals surface area contributed by atoms with Gasteiger partial charge in [0.25, 0.3) is 0 Å². The van der Waals surface area contributed by atoms with Crippen molar-refractivity contribution in [2.75, 3.05) is 26.8 Å². The Balaban J connectivity index is 2.06. The lowest BCUT2D eigenvalue weighted by Gasteiger charge is -2.28. The van der Waals surface area contributed by atoms with E-state index in [4.69, 9.17) is 4.74 Å². The Kier molecular flexibility index (Phi) is 2.10. The Hall–Kier alpha value is -0.120. The van der Waals surface area contributed by atoms with Crippen LogP contribution in [0, 0.1) is 0 Å². The second-order valence-corrected chi connectivity index (χ2v) is 3.98. The summed E-state index contributed by atoms with van der Waals surface area (Å²) in [6.07, 6.45) is 3.25. The highest BCUT2D eigenvalue weighted by Crippen LogP contribution is 2.35. The van der Waals surface area contributed by atoms with E-state index in [0.717, 1.165) is 25.9 Å². The first kappa shape index (κ1) is 8.48. The molecule has 0 aromatic heterocycles. The third kappa shape index (κ3) is 1.16. The van der Waals surface area contributed by atoms with Crippen LogP contribution in [0.3, 0.4) is 0 Å². The molecule has 0 spiro atoms. The zero-order valence-electron chi connectivity index (χ0n) is 7.62. The van der Waals surface area contributed by atoms with Crippen molar-refractivity contribution >= 4 is 0 Å². The van der Waals surface area contributed by atoms with Crippen LogP contribution in [0.25, 0.3) is 0 Å². The predicted molar refractivity (Wildman–Crippen MR) is 46.0 cm³/mol. The van der Waals surface area contributed by atoms with Crippen molar-refractivity contribution in [2.45, 2.75) is 30.9 Å². The number of hydrogen-bond acceptors (Lipinski definition) is 3. The van der Waals surface area contributed by atoms with E-state index >= 15 is 0 Å². The molecule has 2 saturated heterocycles. The van der Waals surface area contributed by atoms with Crippen LogP contribution in [0.2, 0.25) is 0 Å². The zero-order valence-corrected chi connectivity index (χ0v) is 7.62. The van der Waals surface area contributed by atoms with Gasteiger partial charge < -0.3 is 9.84 Å². The molecule has 2 heterocycles. The highest BCUT2D eigenvalue weighted by molar-refractivity contribution is 5.02. The molecule has 2 rings (SSSR count). The molecule has 3 heteroatoms. The van der Waals surface area contributed by atoms with Crippen molar-refractivity contribution < 1.29 is 9.84 Å². The van der Waals surface area contributed by atoms with Crippen molar-refractivity contribution in [2.24, 2.45) is 0 Å². The van der Waals surface area contributed by atoms with E-state index in [9.17, 15) is 5.11 Å². The van der Waals surface area contributed by atoms with Crippen LogP contribution in [0.1, 0.15) is 19.3 Å². The first-order valence-corrected chi connectivity index (χ1v) is 4.72. The lowest BCUT2D eigenvalue weighted by atomic mass is 9.94. The van der Waals surface area contributed by atoms with Crippen molar-refractivity contribution in [3.05, 3.63) is 0 Å². The first-order chi connectivity index (χ1) is 5.76. The second-order valence-electron chi connectivity index (χ2n) is 3.98. The van der Waals surface area contributed by atoms with Gasteiger partial charge in [-0.2, -0.15) is 0 Å². The summed E-state index contributed by atoms with van der Waals surface area (Å²) in [6.45, 7) is 2.70. The monoisotopic (exact) mass is 171 g/mol. The molecule has 70 valence electrons. The van der Waals surface area contributed by atoms with Gasteiger partial charge in [-0.15, -0.1) is 0 Å².